The lowest BCUT2D eigenvalue weighted by atomic mass is 10.1. The summed E-state index contributed by atoms with van der Waals surface area (Å²) in [5, 5.41) is 7.12. The number of aryl methyl sites for hydroxylation is 1. The Hall–Kier alpha value is -1.73. The minimum Gasteiger partial charge on any atom is -0.354 e. The van der Waals surface area contributed by atoms with Crippen molar-refractivity contribution in [2.45, 2.75) is 50.4 Å². The summed E-state index contributed by atoms with van der Waals surface area (Å²) >= 11 is 7.45. The van der Waals surface area contributed by atoms with Gasteiger partial charge in [0.05, 0.1) is 16.8 Å². The van der Waals surface area contributed by atoms with Crippen LogP contribution in [0.15, 0.2) is 23.4 Å². The van der Waals surface area contributed by atoms with Crippen molar-refractivity contribution < 1.29 is 9.59 Å². The predicted molar refractivity (Wildman–Crippen MR) is 105 cm³/mol. The Morgan fingerprint density at radius 2 is 2.31 bits per heavy atom. The lowest BCUT2D eigenvalue weighted by Crippen LogP contribution is -2.46. The van der Waals surface area contributed by atoms with E-state index in [0.29, 0.717) is 18.0 Å². The molecule has 1 saturated heterocycles. The number of rotatable bonds is 6. The van der Waals surface area contributed by atoms with Gasteiger partial charge in [-0.25, -0.2) is 4.98 Å². The second kappa shape index (κ2) is 8.77. The molecule has 140 valence electrons. The number of hydrogen-bond acceptors (Lipinski definition) is 4. The molecule has 0 saturated carbocycles. The number of nitrogens with one attached hydrogen (secondary N) is 2. The van der Waals surface area contributed by atoms with Crippen molar-refractivity contribution in [2.24, 2.45) is 0 Å². The van der Waals surface area contributed by atoms with Crippen LogP contribution < -0.4 is 10.6 Å². The highest BCUT2D eigenvalue weighted by molar-refractivity contribution is 7.99. The Kier molecular flexibility index (Phi) is 6.43. The summed E-state index contributed by atoms with van der Waals surface area (Å²) < 4.78 is 2.11. The summed E-state index contributed by atoms with van der Waals surface area (Å²) in [6, 6.07) is 5.21. The number of aromatic nitrogens is 2. The number of carbonyl (C=O) groups excluding carboxylic acids is 2. The van der Waals surface area contributed by atoms with E-state index >= 15 is 0 Å². The normalized spacial score (nSPS) is 17.8. The van der Waals surface area contributed by atoms with Gasteiger partial charge in [-0.15, -0.1) is 0 Å². The van der Waals surface area contributed by atoms with Gasteiger partial charge in [-0.05, 0) is 43.9 Å². The van der Waals surface area contributed by atoms with Crippen LogP contribution in [0.4, 0.5) is 0 Å². The molecule has 0 unspecified atom stereocenters. The quantitative estimate of drug-likeness (QED) is 0.738. The first-order valence-corrected chi connectivity index (χ1v) is 10.3. The Balaban J connectivity index is 1.67. The Labute approximate surface area is 162 Å². The van der Waals surface area contributed by atoms with Crippen LogP contribution in [-0.2, 0) is 16.1 Å². The molecule has 1 aliphatic rings. The van der Waals surface area contributed by atoms with E-state index in [1.54, 1.807) is 0 Å². The number of carbonyl (C=O) groups is 2. The van der Waals surface area contributed by atoms with E-state index in [4.69, 9.17) is 11.6 Å². The molecule has 2 aromatic rings. The zero-order chi connectivity index (χ0) is 18.5. The number of hydrogen-bond donors (Lipinski definition) is 2. The smallest absolute Gasteiger partial charge is 0.242 e. The summed E-state index contributed by atoms with van der Waals surface area (Å²) in [5.41, 5.74) is 1.85. The first kappa shape index (κ1) is 19.0. The van der Waals surface area contributed by atoms with Crippen molar-refractivity contribution in [1.29, 1.82) is 0 Å². The summed E-state index contributed by atoms with van der Waals surface area (Å²) in [6.07, 6.45) is 3.55. The maximum absolute atomic E-state index is 12.3. The number of amides is 2. The molecule has 0 radical (unpaired) electrons. The van der Waals surface area contributed by atoms with E-state index in [1.165, 1.54) is 11.8 Å². The Bertz CT molecular complexity index is 808. The molecule has 2 amide bonds. The molecule has 1 atom stereocenters. The molecule has 2 N–H and O–H groups in total. The minimum atomic E-state index is -0.432. The molecule has 6 nitrogen and oxygen atoms in total. The molecule has 0 aliphatic carbocycles. The van der Waals surface area contributed by atoms with Crippen LogP contribution >= 0.6 is 23.4 Å². The fourth-order valence-corrected chi connectivity index (χ4v) is 4.09. The number of fused-ring (bicyclic) bond motifs is 1. The molecule has 3 rings (SSSR count). The van der Waals surface area contributed by atoms with Gasteiger partial charge in [-0.3, -0.25) is 9.59 Å². The van der Waals surface area contributed by atoms with Crippen LogP contribution in [0.5, 0.6) is 0 Å². The number of imidazole rings is 1. The van der Waals surface area contributed by atoms with Gasteiger partial charge in [0.1, 0.15) is 6.04 Å². The highest BCUT2D eigenvalue weighted by Crippen LogP contribution is 2.26. The fraction of sp³-hybridized carbons (Fsp3) is 0.500. The third kappa shape index (κ3) is 4.51. The second-order valence-electron chi connectivity index (χ2n) is 6.37. The van der Waals surface area contributed by atoms with Crippen LogP contribution in [0.1, 0.15) is 32.6 Å². The third-order valence-electron chi connectivity index (χ3n) is 4.33. The van der Waals surface area contributed by atoms with Gasteiger partial charge in [0.25, 0.3) is 0 Å². The molecular formula is C18H23ClN4O2S. The van der Waals surface area contributed by atoms with Crippen molar-refractivity contribution in [3.63, 3.8) is 0 Å². The maximum atomic E-state index is 12.3. The first-order chi connectivity index (χ1) is 12.6. The van der Waals surface area contributed by atoms with Gasteiger partial charge in [-0.2, -0.15) is 0 Å². The van der Waals surface area contributed by atoms with Gasteiger partial charge < -0.3 is 15.2 Å². The van der Waals surface area contributed by atoms with Crippen molar-refractivity contribution in [3.8, 4) is 0 Å². The van der Waals surface area contributed by atoms with E-state index in [9.17, 15) is 9.59 Å². The highest BCUT2D eigenvalue weighted by Gasteiger charge is 2.22. The predicted octanol–water partition coefficient (Wildman–Crippen LogP) is 2.98. The molecule has 1 fully saturated rings. The second-order valence-corrected chi connectivity index (χ2v) is 7.75. The number of thioether (sulfide) groups is 1. The van der Waals surface area contributed by atoms with Gasteiger partial charge >= 0.3 is 0 Å². The van der Waals surface area contributed by atoms with E-state index in [0.717, 1.165) is 42.0 Å². The van der Waals surface area contributed by atoms with Gasteiger partial charge in [0, 0.05) is 18.1 Å². The molecule has 0 bridgehead atoms. The van der Waals surface area contributed by atoms with Crippen LogP contribution in [0.25, 0.3) is 11.0 Å². The van der Waals surface area contributed by atoms with Crippen LogP contribution in [0.2, 0.25) is 5.02 Å². The summed E-state index contributed by atoms with van der Waals surface area (Å²) in [6.45, 7) is 3.62. The monoisotopic (exact) mass is 394 g/mol. The van der Waals surface area contributed by atoms with Gasteiger partial charge in [0.2, 0.25) is 11.8 Å². The van der Waals surface area contributed by atoms with Crippen molar-refractivity contribution in [3.05, 3.63) is 23.2 Å². The van der Waals surface area contributed by atoms with Crippen LogP contribution in [-0.4, -0.2) is 39.7 Å². The zero-order valence-electron chi connectivity index (χ0n) is 14.8. The average molecular weight is 395 g/mol. The SMILES string of the molecule is CCCn1c(SCC(=O)N[C@@H]2CCCCNC2=O)nc2cc(Cl)ccc21. The molecule has 2 heterocycles. The van der Waals surface area contributed by atoms with Crippen molar-refractivity contribution >= 4 is 46.2 Å². The average Bonchev–Trinajstić information content (AvgIpc) is 2.82. The topological polar surface area (TPSA) is 76.0 Å². The largest absolute Gasteiger partial charge is 0.354 e. The summed E-state index contributed by atoms with van der Waals surface area (Å²) in [5.74, 6) is -0.0104. The first-order valence-electron chi connectivity index (χ1n) is 8.94. The van der Waals surface area contributed by atoms with E-state index in [1.807, 2.05) is 18.2 Å². The molecule has 1 aromatic heterocycles. The van der Waals surface area contributed by atoms with E-state index < -0.39 is 6.04 Å². The lowest BCUT2D eigenvalue weighted by molar-refractivity contribution is -0.127. The number of nitrogens with zero attached hydrogens (tertiary/aromatic N) is 2. The Morgan fingerprint density at radius 1 is 1.46 bits per heavy atom. The minimum absolute atomic E-state index is 0.0892. The molecular weight excluding hydrogens is 372 g/mol. The maximum Gasteiger partial charge on any atom is 0.242 e. The summed E-state index contributed by atoms with van der Waals surface area (Å²) in [7, 11) is 0. The van der Waals surface area contributed by atoms with Crippen molar-refractivity contribution in [2.75, 3.05) is 12.3 Å². The van der Waals surface area contributed by atoms with Crippen LogP contribution in [0, 0.1) is 0 Å². The van der Waals surface area contributed by atoms with Crippen molar-refractivity contribution in [1.82, 2.24) is 20.2 Å². The fourth-order valence-electron chi connectivity index (χ4n) is 3.07. The highest BCUT2D eigenvalue weighted by atomic mass is 35.5. The Morgan fingerprint density at radius 3 is 3.12 bits per heavy atom. The van der Waals surface area contributed by atoms with E-state index in [-0.39, 0.29) is 17.6 Å². The standard InChI is InChI=1S/C18H23ClN4O2S/c1-2-9-23-15-7-6-12(19)10-14(15)22-18(23)26-11-16(24)21-13-5-3-4-8-20-17(13)25/h6-7,10,13H,2-5,8-9,11H2,1H3,(H,20,25)(H,21,24)/t13-/m1/s1. The molecule has 8 heteroatoms. The van der Waals surface area contributed by atoms with Crippen LogP contribution in [0.3, 0.4) is 0 Å². The number of halogens is 1. The van der Waals surface area contributed by atoms with Gasteiger partial charge in [-0.1, -0.05) is 30.3 Å². The zero-order valence-corrected chi connectivity index (χ0v) is 16.3. The lowest BCUT2D eigenvalue weighted by Gasteiger charge is -2.15. The number of benzene rings is 1. The molecule has 0 spiro atoms. The third-order valence-corrected chi connectivity index (χ3v) is 5.54. The summed E-state index contributed by atoms with van der Waals surface area (Å²) in [4.78, 5) is 28.9. The van der Waals surface area contributed by atoms with E-state index in [2.05, 4.69) is 27.1 Å². The molecule has 1 aliphatic heterocycles. The molecule has 26 heavy (non-hydrogen) atoms. The molecule has 1 aromatic carbocycles. The van der Waals surface area contributed by atoms with Gasteiger partial charge in [0.15, 0.2) is 5.16 Å².